The molecule has 0 atom stereocenters. The lowest BCUT2D eigenvalue weighted by Gasteiger charge is -2.35. The van der Waals surface area contributed by atoms with Gasteiger partial charge in [-0.15, -0.1) is 24.0 Å². The second-order valence-electron chi connectivity index (χ2n) is 7.51. The molecule has 0 aliphatic carbocycles. The van der Waals surface area contributed by atoms with Gasteiger partial charge in [0.05, 0.1) is 5.69 Å². The Morgan fingerprint density at radius 1 is 1.19 bits per heavy atom. The molecule has 1 fully saturated rings. The molecule has 0 unspecified atom stereocenters. The van der Waals surface area contributed by atoms with Gasteiger partial charge < -0.3 is 20.4 Å². The normalized spacial score (nSPS) is 16.2. The second kappa shape index (κ2) is 10.3. The van der Waals surface area contributed by atoms with Gasteiger partial charge in [-0.3, -0.25) is 4.99 Å². The number of nitrogens with zero attached hydrogens (tertiary/aromatic N) is 3. The summed E-state index contributed by atoms with van der Waals surface area (Å²) < 4.78 is 14.6. The average Bonchev–Trinajstić information content (AvgIpc) is 2.58. The molecule has 0 saturated carbocycles. The Kier molecular flexibility index (Phi) is 9.09. The van der Waals surface area contributed by atoms with Crippen LogP contribution in [-0.4, -0.2) is 56.2 Å². The van der Waals surface area contributed by atoms with Crippen LogP contribution >= 0.6 is 24.0 Å². The van der Waals surface area contributed by atoms with Crippen LogP contribution in [0, 0.1) is 5.82 Å². The number of hydrogen-bond donors (Lipinski definition) is 2. The average molecular weight is 477 g/mol. The molecule has 0 amide bonds. The molecule has 148 valence electrons. The molecule has 1 aliphatic rings. The van der Waals surface area contributed by atoms with Crippen LogP contribution in [0.4, 0.5) is 10.1 Å². The van der Waals surface area contributed by atoms with Crippen LogP contribution in [0.1, 0.15) is 33.3 Å². The Hall–Kier alpha value is -1.09. The fourth-order valence-electron chi connectivity index (χ4n) is 2.94. The van der Waals surface area contributed by atoms with E-state index in [1.54, 1.807) is 13.1 Å². The highest BCUT2D eigenvalue weighted by Crippen LogP contribution is 2.22. The quantitative estimate of drug-likeness (QED) is 0.398. The van der Waals surface area contributed by atoms with Crippen molar-refractivity contribution in [3.8, 4) is 0 Å². The predicted octanol–water partition coefficient (Wildman–Crippen LogP) is 3.05. The van der Waals surface area contributed by atoms with Crippen LogP contribution in [0.3, 0.4) is 0 Å². The number of benzene rings is 1. The van der Waals surface area contributed by atoms with Crippen LogP contribution in [0.2, 0.25) is 0 Å². The number of guanidine groups is 1. The lowest BCUT2D eigenvalue weighted by atomic mass is 10.1. The molecule has 1 aromatic rings. The largest absolute Gasteiger partial charge is 0.367 e. The molecule has 1 aromatic carbocycles. The monoisotopic (exact) mass is 477 g/mol. The van der Waals surface area contributed by atoms with Gasteiger partial charge in [0.25, 0.3) is 0 Å². The van der Waals surface area contributed by atoms with E-state index in [0.29, 0.717) is 18.2 Å². The number of piperazine rings is 1. The molecule has 2 N–H and O–H groups in total. The van der Waals surface area contributed by atoms with Gasteiger partial charge in [0, 0.05) is 45.3 Å². The number of likely N-dealkylation sites (N-methyl/N-ethyl adjacent to an activating group) is 1. The summed E-state index contributed by atoms with van der Waals surface area (Å²) in [6.07, 6.45) is 0. The summed E-state index contributed by atoms with van der Waals surface area (Å²) in [5.74, 6) is 0.565. The topological polar surface area (TPSA) is 42.9 Å². The van der Waals surface area contributed by atoms with Crippen LogP contribution in [0.25, 0.3) is 0 Å². The standard InChI is InChI=1S/C19H32FN5.HI/c1-6-24-9-11-25(12-10-24)17-8-7-15(13-16(17)20)14-22-18(21-5)23-19(2,3)4;/h7-8,13H,6,9-12,14H2,1-5H3,(H2,21,22,23);1H. The summed E-state index contributed by atoms with van der Waals surface area (Å²) in [6, 6.07) is 5.51. The number of rotatable bonds is 4. The van der Waals surface area contributed by atoms with Gasteiger partial charge in [-0.05, 0) is 45.0 Å². The number of halogens is 2. The van der Waals surface area contributed by atoms with E-state index in [4.69, 9.17) is 0 Å². The van der Waals surface area contributed by atoms with Crippen molar-refractivity contribution in [2.45, 2.75) is 39.8 Å². The first-order chi connectivity index (χ1) is 11.8. The van der Waals surface area contributed by atoms with Gasteiger partial charge in [0.2, 0.25) is 0 Å². The highest BCUT2D eigenvalue weighted by molar-refractivity contribution is 14.0. The summed E-state index contributed by atoms with van der Waals surface area (Å²) >= 11 is 0. The number of nitrogens with one attached hydrogen (secondary N) is 2. The summed E-state index contributed by atoms with van der Waals surface area (Å²) in [5.41, 5.74) is 1.54. The van der Waals surface area contributed by atoms with Crippen molar-refractivity contribution < 1.29 is 4.39 Å². The SMILES string of the molecule is CCN1CCN(c2ccc(CNC(=NC)NC(C)(C)C)cc2F)CC1.I. The Bertz CT molecular complexity index is 592. The lowest BCUT2D eigenvalue weighted by Crippen LogP contribution is -2.47. The van der Waals surface area contributed by atoms with Gasteiger partial charge in [-0.2, -0.15) is 0 Å². The zero-order valence-corrected chi connectivity index (χ0v) is 18.9. The van der Waals surface area contributed by atoms with E-state index < -0.39 is 0 Å². The minimum atomic E-state index is -0.150. The van der Waals surface area contributed by atoms with Crippen molar-refractivity contribution in [1.29, 1.82) is 0 Å². The molecule has 0 bridgehead atoms. The molecule has 1 aliphatic heterocycles. The van der Waals surface area contributed by atoms with Crippen molar-refractivity contribution in [3.63, 3.8) is 0 Å². The van der Waals surface area contributed by atoms with E-state index in [-0.39, 0.29) is 35.3 Å². The molecule has 0 radical (unpaired) electrons. The van der Waals surface area contributed by atoms with E-state index in [9.17, 15) is 4.39 Å². The van der Waals surface area contributed by atoms with Gasteiger partial charge in [0.15, 0.2) is 5.96 Å². The third kappa shape index (κ3) is 6.90. The van der Waals surface area contributed by atoms with Crippen molar-refractivity contribution in [1.82, 2.24) is 15.5 Å². The summed E-state index contributed by atoms with van der Waals surface area (Å²) in [5, 5.41) is 6.53. The maximum atomic E-state index is 14.6. The molecule has 0 spiro atoms. The maximum absolute atomic E-state index is 14.6. The number of aliphatic imine (C=N–C) groups is 1. The van der Waals surface area contributed by atoms with Gasteiger partial charge in [-0.25, -0.2) is 4.39 Å². The van der Waals surface area contributed by atoms with E-state index in [0.717, 1.165) is 38.3 Å². The zero-order chi connectivity index (χ0) is 18.4. The van der Waals surface area contributed by atoms with Gasteiger partial charge in [-0.1, -0.05) is 13.0 Å². The third-order valence-electron chi connectivity index (χ3n) is 4.35. The van der Waals surface area contributed by atoms with Crippen molar-refractivity contribution in [2.75, 3.05) is 44.7 Å². The summed E-state index contributed by atoms with van der Waals surface area (Å²) in [6.45, 7) is 13.7. The Morgan fingerprint density at radius 2 is 1.85 bits per heavy atom. The molecule has 1 heterocycles. The smallest absolute Gasteiger partial charge is 0.191 e. The van der Waals surface area contributed by atoms with Crippen molar-refractivity contribution in [2.24, 2.45) is 4.99 Å². The first-order valence-electron chi connectivity index (χ1n) is 9.07. The number of anilines is 1. The molecule has 1 saturated heterocycles. The molecular weight excluding hydrogens is 444 g/mol. The maximum Gasteiger partial charge on any atom is 0.191 e. The van der Waals surface area contributed by atoms with Crippen molar-refractivity contribution >= 4 is 35.6 Å². The Labute approximate surface area is 174 Å². The van der Waals surface area contributed by atoms with Crippen LogP contribution in [0.5, 0.6) is 0 Å². The molecule has 7 heteroatoms. The Morgan fingerprint density at radius 3 is 2.35 bits per heavy atom. The van der Waals surface area contributed by atoms with E-state index in [1.807, 2.05) is 12.1 Å². The number of hydrogen-bond acceptors (Lipinski definition) is 3. The highest BCUT2D eigenvalue weighted by Gasteiger charge is 2.18. The predicted molar refractivity (Wildman–Crippen MR) is 119 cm³/mol. The first kappa shape index (κ1) is 23.0. The second-order valence-corrected chi connectivity index (χ2v) is 7.51. The lowest BCUT2D eigenvalue weighted by molar-refractivity contribution is 0.270. The van der Waals surface area contributed by atoms with Crippen molar-refractivity contribution in [3.05, 3.63) is 29.6 Å². The first-order valence-corrected chi connectivity index (χ1v) is 9.07. The minimum Gasteiger partial charge on any atom is -0.367 e. The molecule has 26 heavy (non-hydrogen) atoms. The van der Waals surface area contributed by atoms with E-state index in [1.165, 1.54) is 0 Å². The third-order valence-corrected chi connectivity index (χ3v) is 4.35. The Balaban J connectivity index is 0.00000338. The van der Waals surface area contributed by atoms with E-state index in [2.05, 4.69) is 53.1 Å². The van der Waals surface area contributed by atoms with Crippen LogP contribution in [-0.2, 0) is 6.54 Å². The van der Waals surface area contributed by atoms with Gasteiger partial charge >= 0.3 is 0 Å². The highest BCUT2D eigenvalue weighted by atomic mass is 127. The molecule has 0 aromatic heterocycles. The molecule has 5 nitrogen and oxygen atoms in total. The minimum absolute atomic E-state index is 0. The molecule has 2 rings (SSSR count). The summed E-state index contributed by atoms with van der Waals surface area (Å²) in [4.78, 5) is 8.73. The fourth-order valence-corrected chi connectivity index (χ4v) is 2.94. The van der Waals surface area contributed by atoms with Crippen LogP contribution < -0.4 is 15.5 Å². The van der Waals surface area contributed by atoms with E-state index >= 15 is 0 Å². The van der Waals surface area contributed by atoms with Crippen LogP contribution in [0.15, 0.2) is 23.2 Å². The molecular formula is C19H33FIN5. The summed E-state index contributed by atoms with van der Waals surface area (Å²) in [7, 11) is 1.74. The van der Waals surface area contributed by atoms with Gasteiger partial charge in [0.1, 0.15) is 5.82 Å². The zero-order valence-electron chi connectivity index (χ0n) is 16.6. The fraction of sp³-hybridized carbons (Fsp3) is 0.632.